The summed E-state index contributed by atoms with van der Waals surface area (Å²) in [5, 5.41) is 7.83. The third-order valence-corrected chi connectivity index (χ3v) is 4.27. The van der Waals surface area contributed by atoms with Crippen LogP contribution in [-0.4, -0.2) is 37.0 Å². The van der Waals surface area contributed by atoms with Gasteiger partial charge in [0.1, 0.15) is 5.65 Å². The Hall–Kier alpha value is -2.96. The van der Waals surface area contributed by atoms with E-state index in [9.17, 15) is 4.79 Å². The highest BCUT2D eigenvalue weighted by molar-refractivity contribution is 5.86. The topological polar surface area (TPSA) is 74.3 Å². The first-order valence-corrected chi connectivity index (χ1v) is 8.39. The summed E-state index contributed by atoms with van der Waals surface area (Å²) in [6.07, 6.45) is 10.0. The van der Waals surface area contributed by atoms with Crippen LogP contribution in [0, 0.1) is 0 Å². The van der Waals surface area contributed by atoms with Crippen molar-refractivity contribution in [2.45, 2.75) is 32.2 Å². The van der Waals surface area contributed by atoms with Gasteiger partial charge >= 0.3 is 5.97 Å². The van der Waals surface area contributed by atoms with E-state index in [1.165, 1.54) is 18.4 Å². The summed E-state index contributed by atoms with van der Waals surface area (Å²) < 4.78 is 8.56. The molecule has 0 aliphatic heterocycles. The highest BCUT2D eigenvalue weighted by Gasteiger charge is 2.24. The molecule has 0 unspecified atom stereocenters. The lowest BCUT2D eigenvalue weighted by Crippen LogP contribution is -2.05. The summed E-state index contributed by atoms with van der Waals surface area (Å²) in [4.78, 5) is 16.4. The van der Waals surface area contributed by atoms with Crippen molar-refractivity contribution in [3.63, 3.8) is 0 Å². The number of pyridine rings is 1. The molecule has 0 spiro atoms. The molecule has 25 heavy (non-hydrogen) atoms. The van der Waals surface area contributed by atoms with Crippen molar-refractivity contribution >= 4 is 17.7 Å². The minimum Gasteiger partial charge on any atom is -0.461 e. The maximum absolute atomic E-state index is 11.7. The average Bonchev–Trinajstić information content (AvgIpc) is 3.22. The first-order valence-electron chi connectivity index (χ1n) is 8.39. The van der Waals surface area contributed by atoms with Crippen LogP contribution in [0.1, 0.15) is 53.0 Å². The van der Waals surface area contributed by atoms with Crippen molar-refractivity contribution in [3.8, 4) is 0 Å². The molecule has 7 nitrogen and oxygen atoms in total. The Labute approximate surface area is 144 Å². The number of aromatic nitrogens is 5. The van der Waals surface area contributed by atoms with Crippen LogP contribution in [0.25, 0.3) is 11.7 Å². The summed E-state index contributed by atoms with van der Waals surface area (Å²) in [7, 11) is 0. The molecule has 0 bridgehead atoms. The highest BCUT2D eigenvalue weighted by Crippen LogP contribution is 2.40. The predicted molar refractivity (Wildman–Crippen MR) is 92.3 cm³/mol. The van der Waals surface area contributed by atoms with Crippen molar-refractivity contribution < 1.29 is 9.53 Å². The van der Waals surface area contributed by atoms with Gasteiger partial charge in [-0.3, -0.25) is 0 Å². The Balaban J connectivity index is 1.61. The zero-order valence-electron chi connectivity index (χ0n) is 14.1. The second kappa shape index (κ2) is 6.16. The van der Waals surface area contributed by atoms with Gasteiger partial charge < -0.3 is 9.14 Å². The number of imidazole rings is 1. The molecule has 128 valence electrons. The molecule has 0 N–H and O–H groups in total. The molecule has 0 aromatic carbocycles. The Bertz CT molecular complexity index is 952. The van der Waals surface area contributed by atoms with Gasteiger partial charge in [0.2, 0.25) is 0 Å². The van der Waals surface area contributed by atoms with Crippen LogP contribution < -0.4 is 0 Å². The smallest absolute Gasteiger partial charge is 0.360 e. The Kier molecular flexibility index (Phi) is 3.83. The number of rotatable bonds is 6. The minimum absolute atomic E-state index is 0.202. The molecular weight excluding hydrogens is 318 g/mol. The van der Waals surface area contributed by atoms with E-state index in [4.69, 9.17) is 4.74 Å². The van der Waals surface area contributed by atoms with Crippen molar-refractivity contribution in [1.29, 1.82) is 0 Å². The van der Waals surface area contributed by atoms with Crippen LogP contribution >= 0.6 is 0 Å². The number of hydrogen-bond acceptors (Lipinski definition) is 5. The molecule has 1 aliphatic rings. The Morgan fingerprint density at radius 2 is 2.24 bits per heavy atom. The lowest BCUT2D eigenvalue weighted by Gasteiger charge is -2.03. The average molecular weight is 337 g/mol. The number of carbonyl (C=O) groups excluding carboxylic acids is 1. The molecule has 3 heterocycles. The summed E-state index contributed by atoms with van der Waals surface area (Å²) in [6.45, 7) is 6.40. The minimum atomic E-state index is -0.466. The number of fused-ring (bicyclic) bond motifs is 1. The number of esters is 1. The van der Waals surface area contributed by atoms with Crippen molar-refractivity contribution in [3.05, 3.63) is 53.8 Å². The van der Waals surface area contributed by atoms with Gasteiger partial charge in [-0.05, 0) is 37.3 Å². The molecule has 3 aromatic rings. The van der Waals surface area contributed by atoms with Crippen LogP contribution in [-0.2, 0) is 11.3 Å². The molecule has 4 rings (SSSR count). The number of ether oxygens (including phenoxy) is 1. The zero-order valence-corrected chi connectivity index (χ0v) is 14.1. The van der Waals surface area contributed by atoms with E-state index in [0.717, 1.165) is 16.9 Å². The van der Waals surface area contributed by atoms with Gasteiger partial charge in [-0.15, -0.1) is 5.10 Å². The van der Waals surface area contributed by atoms with E-state index in [2.05, 4.69) is 34.1 Å². The van der Waals surface area contributed by atoms with Crippen molar-refractivity contribution in [2.24, 2.45) is 0 Å². The fraction of sp³-hybridized carbons (Fsp3) is 0.333. The van der Waals surface area contributed by atoms with E-state index in [-0.39, 0.29) is 5.69 Å². The lowest BCUT2D eigenvalue weighted by atomic mass is 10.1. The van der Waals surface area contributed by atoms with Gasteiger partial charge in [0.15, 0.2) is 5.69 Å². The number of hydrogen-bond donors (Lipinski definition) is 0. The first kappa shape index (κ1) is 15.6. The maximum atomic E-state index is 11.7. The van der Waals surface area contributed by atoms with Crippen molar-refractivity contribution in [2.75, 3.05) is 6.61 Å². The SMILES string of the molecule is C=Cc1cc(C2CC2)cn2cc(Cn3cc(C(=O)OCC)nn3)nc12. The highest BCUT2D eigenvalue weighted by atomic mass is 16.5. The lowest BCUT2D eigenvalue weighted by molar-refractivity contribution is 0.0519. The second-order valence-electron chi connectivity index (χ2n) is 6.19. The van der Waals surface area contributed by atoms with Crippen LogP contribution in [0.15, 0.2) is 31.2 Å². The molecule has 0 saturated heterocycles. The quantitative estimate of drug-likeness (QED) is 0.647. The van der Waals surface area contributed by atoms with Gasteiger partial charge in [0, 0.05) is 18.0 Å². The van der Waals surface area contributed by atoms with Crippen LogP contribution in [0.5, 0.6) is 0 Å². The van der Waals surface area contributed by atoms with Crippen LogP contribution in [0.2, 0.25) is 0 Å². The van der Waals surface area contributed by atoms with E-state index >= 15 is 0 Å². The fourth-order valence-electron chi connectivity index (χ4n) is 2.90. The van der Waals surface area contributed by atoms with Crippen LogP contribution in [0.3, 0.4) is 0 Å². The third kappa shape index (κ3) is 3.05. The monoisotopic (exact) mass is 337 g/mol. The third-order valence-electron chi connectivity index (χ3n) is 4.27. The zero-order chi connectivity index (χ0) is 17.4. The summed E-state index contributed by atoms with van der Waals surface area (Å²) >= 11 is 0. The fourth-order valence-corrected chi connectivity index (χ4v) is 2.90. The predicted octanol–water partition coefficient (Wildman–Crippen LogP) is 2.67. The van der Waals surface area contributed by atoms with Gasteiger partial charge in [-0.2, -0.15) is 0 Å². The molecule has 7 heteroatoms. The van der Waals surface area contributed by atoms with E-state index in [0.29, 0.717) is 19.1 Å². The summed E-state index contributed by atoms with van der Waals surface area (Å²) in [5.74, 6) is 0.197. The van der Waals surface area contributed by atoms with E-state index in [1.54, 1.807) is 17.8 Å². The van der Waals surface area contributed by atoms with Gasteiger partial charge in [0.25, 0.3) is 0 Å². The second-order valence-corrected chi connectivity index (χ2v) is 6.19. The van der Waals surface area contributed by atoms with E-state index in [1.807, 2.05) is 16.7 Å². The van der Waals surface area contributed by atoms with Gasteiger partial charge in [-0.25, -0.2) is 14.5 Å². The molecule has 0 radical (unpaired) electrons. The van der Waals surface area contributed by atoms with Crippen molar-refractivity contribution in [1.82, 2.24) is 24.4 Å². The number of carbonyl (C=O) groups is 1. The molecule has 0 atom stereocenters. The summed E-state index contributed by atoms with van der Waals surface area (Å²) in [6, 6.07) is 2.17. The summed E-state index contributed by atoms with van der Waals surface area (Å²) in [5.41, 5.74) is 4.28. The van der Waals surface area contributed by atoms with Gasteiger partial charge in [0.05, 0.1) is 25.0 Å². The molecule has 1 saturated carbocycles. The molecule has 3 aromatic heterocycles. The van der Waals surface area contributed by atoms with E-state index < -0.39 is 5.97 Å². The van der Waals surface area contributed by atoms with Gasteiger partial charge in [-0.1, -0.05) is 17.9 Å². The number of nitrogens with zero attached hydrogens (tertiary/aromatic N) is 5. The maximum Gasteiger partial charge on any atom is 0.360 e. The standard InChI is InChI=1S/C18H19N5O2/c1-3-12-7-14(13-5-6-13)8-22-9-15(19-17(12)22)10-23-11-16(20-21-23)18(24)25-4-2/h3,7-9,11,13H,1,4-6,10H2,2H3. The van der Waals surface area contributed by atoms with Crippen LogP contribution in [0.4, 0.5) is 0 Å². The molecule has 1 aliphatic carbocycles. The molecule has 1 fully saturated rings. The normalized spacial score (nSPS) is 14.0. The Morgan fingerprint density at radius 1 is 1.40 bits per heavy atom. The molecule has 0 amide bonds. The molecular formula is C18H19N5O2. The first-order chi connectivity index (χ1) is 12.2. The largest absolute Gasteiger partial charge is 0.461 e. The Morgan fingerprint density at radius 3 is 2.96 bits per heavy atom.